The summed E-state index contributed by atoms with van der Waals surface area (Å²) in [6, 6.07) is 8.87. The van der Waals surface area contributed by atoms with Crippen molar-refractivity contribution in [1.82, 2.24) is 14.8 Å². The molecule has 2 aromatic rings. The number of carbonyl (C=O) groups is 1. The molecule has 1 fully saturated rings. The van der Waals surface area contributed by atoms with Gasteiger partial charge in [-0.25, -0.2) is 4.98 Å². The molecule has 0 bridgehead atoms. The van der Waals surface area contributed by atoms with Crippen LogP contribution in [0, 0.1) is 6.92 Å². The topological polar surface area (TPSA) is 49.6 Å². The van der Waals surface area contributed by atoms with E-state index in [4.69, 9.17) is 4.42 Å². The van der Waals surface area contributed by atoms with E-state index in [1.54, 1.807) is 0 Å². The Hall–Kier alpha value is -2.14. The molecule has 5 heteroatoms. The Morgan fingerprint density at radius 2 is 1.96 bits per heavy atom. The summed E-state index contributed by atoms with van der Waals surface area (Å²) in [7, 11) is 0. The highest BCUT2D eigenvalue weighted by Gasteiger charge is 2.23. The number of benzene rings is 1. The van der Waals surface area contributed by atoms with Crippen molar-refractivity contribution in [2.45, 2.75) is 65.6 Å². The molecule has 1 aliphatic rings. The van der Waals surface area contributed by atoms with E-state index >= 15 is 0 Å². The van der Waals surface area contributed by atoms with Crippen molar-refractivity contribution in [1.29, 1.82) is 0 Å². The molecule has 1 aliphatic heterocycles. The zero-order valence-electron chi connectivity index (χ0n) is 16.8. The van der Waals surface area contributed by atoms with Gasteiger partial charge in [-0.15, -0.1) is 0 Å². The van der Waals surface area contributed by atoms with Crippen molar-refractivity contribution in [3.05, 3.63) is 53.2 Å². The number of aryl methyl sites for hydroxylation is 1. The lowest BCUT2D eigenvalue weighted by molar-refractivity contribution is 0.0718. The van der Waals surface area contributed by atoms with E-state index in [1.165, 1.54) is 23.8 Å². The fraction of sp³-hybridized carbons (Fsp3) is 0.545. The Balaban J connectivity index is 1.70. The first-order valence-electron chi connectivity index (χ1n) is 10.1. The standard InChI is InChI=1S/C22H31N3O2/c1-4-18(3)25(14-19-11-7-6-10-17(19)2)15-21-23-20(16-27-21)22(26)24-12-8-5-9-13-24/h6-7,10-11,16,18H,4-5,8-9,12-15H2,1-3H3. The predicted octanol–water partition coefficient (Wildman–Crippen LogP) is 4.41. The molecule has 1 aromatic heterocycles. The molecule has 5 nitrogen and oxygen atoms in total. The van der Waals surface area contributed by atoms with E-state index in [0.717, 1.165) is 38.9 Å². The number of carbonyl (C=O) groups excluding carboxylic acids is 1. The van der Waals surface area contributed by atoms with E-state index in [0.29, 0.717) is 24.2 Å². The number of rotatable bonds is 7. The molecule has 1 atom stereocenters. The second-order valence-electron chi connectivity index (χ2n) is 7.57. The summed E-state index contributed by atoms with van der Waals surface area (Å²) < 4.78 is 5.67. The highest BCUT2D eigenvalue weighted by molar-refractivity contribution is 5.92. The zero-order chi connectivity index (χ0) is 19.2. The van der Waals surface area contributed by atoms with Crippen molar-refractivity contribution in [2.24, 2.45) is 0 Å². The number of amides is 1. The largest absolute Gasteiger partial charge is 0.447 e. The molecule has 0 N–H and O–H groups in total. The van der Waals surface area contributed by atoms with Gasteiger partial charge in [0.25, 0.3) is 5.91 Å². The fourth-order valence-corrected chi connectivity index (χ4v) is 3.55. The van der Waals surface area contributed by atoms with Crippen LogP contribution in [0.5, 0.6) is 0 Å². The summed E-state index contributed by atoms with van der Waals surface area (Å²) in [5.41, 5.74) is 3.04. The van der Waals surface area contributed by atoms with Crippen LogP contribution in [0.3, 0.4) is 0 Å². The fourth-order valence-electron chi connectivity index (χ4n) is 3.55. The summed E-state index contributed by atoms with van der Waals surface area (Å²) in [4.78, 5) is 21.4. The van der Waals surface area contributed by atoms with Gasteiger partial charge in [-0.2, -0.15) is 0 Å². The van der Waals surface area contributed by atoms with Gasteiger partial charge in [0.15, 0.2) is 5.69 Å². The maximum absolute atomic E-state index is 12.6. The Morgan fingerprint density at radius 3 is 2.67 bits per heavy atom. The molecule has 2 heterocycles. The highest BCUT2D eigenvalue weighted by Crippen LogP contribution is 2.18. The number of hydrogen-bond donors (Lipinski definition) is 0. The molecule has 146 valence electrons. The monoisotopic (exact) mass is 369 g/mol. The molecule has 0 saturated carbocycles. The van der Waals surface area contributed by atoms with Crippen LogP contribution in [0.4, 0.5) is 0 Å². The van der Waals surface area contributed by atoms with Crippen LogP contribution < -0.4 is 0 Å². The van der Waals surface area contributed by atoms with Gasteiger partial charge in [0.1, 0.15) is 6.26 Å². The lowest BCUT2D eigenvalue weighted by Crippen LogP contribution is -2.36. The second kappa shape index (κ2) is 9.18. The van der Waals surface area contributed by atoms with Gasteiger partial charge in [0, 0.05) is 25.7 Å². The minimum absolute atomic E-state index is 0.00121. The molecule has 0 spiro atoms. The molecular formula is C22H31N3O2. The van der Waals surface area contributed by atoms with Crippen LogP contribution in [-0.2, 0) is 13.1 Å². The van der Waals surface area contributed by atoms with Crippen LogP contribution in [0.15, 0.2) is 34.9 Å². The molecular weight excluding hydrogens is 338 g/mol. The molecule has 1 amide bonds. The normalized spacial score (nSPS) is 15.9. The Bertz CT molecular complexity index is 750. The summed E-state index contributed by atoms with van der Waals surface area (Å²) in [6.45, 7) is 9.67. The van der Waals surface area contributed by atoms with E-state index < -0.39 is 0 Å². The first-order valence-corrected chi connectivity index (χ1v) is 10.1. The number of oxazole rings is 1. The van der Waals surface area contributed by atoms with Gasteiger partial charge >= 0.3 is 0 Å². The Morgan fingerprint density at radius 1 is 1.22 bits per heavy atom. The summed E-state index contributed by atoms with van der Waals surface area (Å²) in [5.74, 6) is 0.614. The Labute approximate surface area is 162 Å². The SMILES string of the molecule is CCC(C)N(Cc1nc(C(=O)N2CCCCC2)co1)Cc1ccccc1C. The quantitative estimate of drug-likeness (QED) is 0.725. The second-order valence-corrected chi connectivity index (χ2v) is 7.57. The summed E-state index contributed by atoms with van der Waals surface area (Å²) in [5, 5.41) is 0. The van der Waals surface area contributed by atoms with Gasteiger partial charge in [0.2, 0.25) is 5.89 Å². The van der Waals surface area contributed by atoms with Crippen LogP contribution in [-0.4, -0.2) is 39.8 Å². The number of nitrogens with zero attached hydrogens (tertiary/aromatic N) is 3. The maximum Gasteiger partial charge on any atom is 0.275 e. The van der Waals surface area contributed by atoms with Crippen molar-refractivity contribution >= 4 is 5.91 Å². The van der Waals surface area contributed by atoms with Gasteiger partial charge in [-0.3, -0.25) is 9.69 Å². The lowest BCUT2D eigenvalue weighted by atomic mass is 10.1. The van der Waals surface area contributed by atoms with E-state index in [9.17, 15) is 4.79 Å². The van der Waals surface area contributed by atoms with Crippen molar-refractivity contribution in [3.63, 3.8) is 0 Å². The van der Waals surface area contributed by atoms with Gasteiger partial charge in [-0.05, 0) is 50.7 Å². The van der Waals surface area contributed by atoms with E-state index in [1.807, 2.05) is 4.90 Å². The smallest absolute Gasteiger partial charge is 0.275 e. The molecule has 1 unspecified atom stereocenters. The summed E-state index contributed by atoms with van der Waals surface area (Å²) in [6.07, 6.45) is 5.93. The third-order valence-corrected chi connectivity index (χ3v) is 5.60. The van der Waals surface area contributed by atoms with Gasteiger partial charge in [0.05, 0.1) is 6.54 Å². The van der Waals surface area contributed by atoms with Crippen LogP contribution in [0.25, 0.3) is 0 Å². The van der Waals surface area contributed by atoms with Gasteiger partial charge in [-0.1, -0.05) is 31.2 Å². The van der Waals surface area contributed by atoms with Crippen molar-refractivity contribution in [3.8, 4) is 0 Å². The lowest BCUT2D eigenvalue weighted by Gasteiger charge is -2.27. The predicted molar refractivity (Wildman–Crippen MR) is 106 cm³/mol. The third kappa shape index (κ3) is 4.98. The van der Waals surface area contributed by atoms with Crippen molar-refractivity contribution < 1.29 is 9.21 Å². The number of likely N-dealkylation sites (tertiary alicyclic amines) is 1. The first kappa shape index (κ1) is 19.6. The van der Waals surface area contributed by atoms with Crippen LogP contribution >= 0.6 is 0 Å². The number of aromatic nitrogens is 1. The van der Waals surface area contributed by atoms with Gasteiger partial charge < -0.3 is 9.32 Å². The maximum atomic E-state index is 12.6. The molecule has 27 heavy (non-hydrogen) atoms. The molecule has 1 aromatic carbocycles. The van der Waals surface area contributed by atoms with Crippen LogP contribution in [0.2, 0.25) is 0 Å². The average Bonchev–Trinajstić information content (AvgIpc) is 3.17. The third-order valence-electron chi connectivity index (χ3n) is 5.60. The average molecular weight is 370 g/mol. The molecule has 1 saturated heterocycles. The molecule has 3 rings (SSSR count). The van der Waals surface area contributed by atoms with E-state index in [2.05, 4.69) is 54.9 Å². The number of hydrogen-bond acceptors (Lipinski definition) is 4. The highest BCUT2D eigenvalue weighted by atomic mass is 16.3. The van der Waals surface area contributed by atoms with E-state index in [-0.39, 0.29) is 5.91 Å². The minimum atomic E-state index is -0.00121. The molecule has 0 aliphatic carbocycles. The number of piperidine rings is 1. The molecule has 0 radical (unpaired) electrons. The first-order chi connectivity index (χ1) is 13.1. The zero-order valence-corrected chi connectivity index (χ0v) is 16.8. The van der Waals surface area contributed by atoms with Crippen LogP contribution in [0.1, 0.15) is 67.0 Å². The Kier molecular flexibility index (Phi) is 6.67. The summed E-state index contributed by atoms with van der Waals surface area (Å²) >= 11 is 0. The van der Waals surface area contributed by atoms with Crippen molar-refractivity contribution in [2.75, 3.05) is 13.1 Å². The minimum Gasteiger partial charge on any atom is -0.447 e.